The molecule has 1 amide bonds. The van der Waals surface area contributed by atoms with Gasteiger partial charge in [-0.05, 0) is 36.2 Å². The van der Waals surface area contributed by atoms with Crippen LogP contribution in [0.15, 0.2) is 61.2 Å². The Balaban J connectivity index is 1.57. The summed E-state index contributed by atoms with van der Waals surface area (Å²) in [5, 5.41) is 4.00. The lowest BCUT2D eigenvalue weighted by molar-refractivity contribution is 0.0943. The maximum atomic E-state index is 12.7. The van der Waals surface area contributed by atoms with Gasteiger partial charge in [-0.3, -0.25) is 14.2 Å². The van der Waals surface area contributed by atoms with Gasteiger partial charge in [-0.15, -0.1) is 0 Å². The maximum Gasteiger partial charge on any atom is 0.287 e. The number of halogens is 2. The van der Waals surface area contributed by atoms with Crippen LogP contribution in [0.5, 0.6) is 0 Å². The smallest absolute Gasteiger partial charge is 0.287 e. The molecule has 1 aromatic carbocycles. The summed E-state index contributed by atoms with van der Waals surface area (Å²) >= 11 is 11.8. The maximum absolute atomic E-state index is 12.7. The molecule has 1 N–H and O–H groups in total. The van der Waals surface area contributed by atoms with Gasteiger partial charge in [0.25, 0.3) is 5.91 Å². The molecule has 28 heavy (non-hydrogen) atoms. The van der Waals surface area contributed by atoms with Crippen LogP contribution in [-0.4, -0.2) is 31.8 Å². The number of nitrogens with zero attached hydrogens (tertiary/aromatic N) is 4. The van der Waals surface area contributed by atoms with Crippen LogP contribution in [0.1, 0.15) is 16.2 Å². The number of aromatic nitrogens is 4. The molecule has 0 aliphatic heterocycles. The summed E-state index contributed by atoms with van der Waals surface area (Å²) in [7, 11) is 0. The molecule has 0 fully saturated rings. The molecule has 3 heterocycles. The van der Waals surface area contributed by atoms with E-state index in [9.17, 15) is 4.79 Å². The number of carbonyl (C=O) groups excluding carboxylic acids is 1. The van der Waals surface area contributed by atoms with Gasteiger partial charge in [0, 0.05) is 35.7 Å². The van der Waals surface area contributed by atoms with Gasteiger partial charge in [0.2, 0.25) is 5.82 Å². The first-order chi connectivity index (χ1) is 13.6. The van der Waals surface area contributed by atoms with Gasteiger partial charge in [-0.1, -0.05) is 35.3 Å². The van der Waals surface area contributed by atoms with Crippen molar-refractivity contribution < 1.29 is 4.79 Å². The quantitative estimate of drug-likeness (QED) is 0.502. The van der Waals surface area contributed by atoms with Crippen LogP contribution < -0.4 is 5.32 Å². The molecule has 8 heteroatoms. The molecule has 0 aliphatic carbocycles. The van der Waals surface area contributed by atoms with Crippen molar-refractivity contribution in [1.29, 1.82) is 0 Å². The van der Waals surface area contributed by atoms with Crippen molar-refractivity contribution >= 4 is 34.6 Å². The number of hydrogen-bond acceptors (Lipinski definition) is 4. The summed E-state index contributed by atoms with van der Waals surface area (Å²) in [4.78, 5) is 25.5. The Hall–Kier alpha value is -2.96. The molecular formula is C20H15Cl2N5O. The zero-order valence-electron chi connectivity index (χ0n) is 14.6. The Kier molecular flexibility index (Phi) is 5.23. The van der Waals surface area contributed by atoms with Crippen molar-refractivity contribution in [3.63, 3.8) is 0 Å². The number of fused-ring (bicyclic) bond motifs is 1. The highest BCUT2D eigenvalue weighted by molar-refractivity contribution is 6.30. The first-order valence-corrected chi connectivity index (χ1v) is 9.34. The number of pyridine rings is 1. The summed E-state index contributed by atoms with van der Waals surface area (Å²) < 4.78 is 1.72. The van der Waals surface area contributed by atoms with E-state index < -0.39 is 0 Å². The third kappa shape index (κ3) is 3.83. The highest BCUT2D eigenvalue weighted by Crippen LogP contribution is 2.24. The number of amides is 1. The average molecular weight is 412 g/mol. The molecule has 0 saturated carbocycles. The van der Waals surface area contributed by atoms with Crippen LogP contribution in [0.3, 0.4) is 0 Å². The second-order valence-corrected chi connectivity index (χ2v) is 6.94. The zero-order chi connectivity index (χ0) is 19.5. The van der Waals surface area contributed by atoms with Gasteiger partial charge in [-0.2, -0.15) is 0 Å². The van der Waals surface area contributed by atoms with E-state index in [4.69, 9.17) is 23.2 Å². The van der Waals surface area contributed by atoms with Crippen molar-refractivity contribution in [3.05, 3.63) is 82.7 Å². The Labute approximate surface area is 171 Å². The number of benzene rings is 1. The Morgan fingerprint density at radius 2 is 1.89 bits per heavy atom. The van der Waals surface area contributed by atoms with Crippen molar-refractivity contribution in [2.24, 2.45) is 0 Å². The molecule has 3 aromatic heterocycles. The second-order valence-electron chi connectivity index (χ2n) is 6.12. The monoisotopic (exact) mass is 411 g/mol. The first kappa shape index (κ1) is 18.4. The minimum Gasteiger partial charge on any atom is -0.349 e. The van der Waals surface area contributed by atoms with E-state index in [0.29, 0.717) is 34.7 Å². The molecule has 4 aromatic rings. The average Bonchev–Trinajstić information content (AvgIpc) is 3.10. The van der Waals surface area contributed by atoms with Crippen LogP contribution in [-0.2, 0) is 6.42 Å². The van der Waals surface area contributed by atoms with Gasteiger partial charge >= 0.3 is 0 Å². The lowest BCUT2D eigenvalue weighted by Crippen LogP contribution is -2.27. The van der Waals surface area contributed by atoms with E-state index in [1.54, 1.807) is 35.3 Å². The fourth-order valence-electron chi connectivity index (χ4n) is 2.88. The minimum atomic E-state index is -0.261. The van der Waals surface area contributed by atoms with Crippen molar-refractivity contribution in [2.45, 2.75) is 6.42 Å². The van der Waals surface area contributed by atoms with Gasteiger partial charge in [0.15, 0.2) is 0 Å². The van der Waals surface area contributed by atoms with E-state index in [-0.39, 0.29) is 5.91 Å². The third-order valence-electron chi connectivity index (χ3n) is 4.26. The lowest BCUT2D eigenvalue weighted by Gasteiger charge is -2.05. The Bertz CT molecular complexity index is 1120. The van der Waals surface area contributed by atoms with Crippen LogP contribution in [0.4, 0.5) is 0 Å². The van der Waals surface area contributed by atoms with Crippen molar-refractivity contribution in [2.75, 3.05) is 6.54 Å². The van der Waals surface area contributed by atoms with Crippen LogP contribution in [0.25, 0.3) is 16.8 Å². The molecule has 6 nitrogen and oxygen atoms in total. The molecule has 0 spiro atoms. The normalized spacial score (nSPS) is 10.9. The van der Waals surface area contributed by atoms with E-state index >= 15 is 0 Å². The predicted molar refractivity (Wildman–Crippen MR) is 109 cm³/mol. The van der Waals surface area contributed by atoms with Gasteiger partial charge in [0.05, 0.1) is 11.7 Å². The SMILES string of the molecule is O=C(NCCc1ccc(Cl)cc1)c1nc(-c2ccc(Cl)nc2)c2cnccn12. The fraction of sp³-hybridized carbons (Fsp3) is 0.100. The van der Waals surface area contributed by atoms with Crippen LogP contribution in [0.2, 0.25) is 10.2 Å². The zero-order valence-corrected chi connectivity index (χ0v) is 16.2. The Morgan fingerprint density at radius 3 is 2.64 bits per heavy atom. The summed E-state index contributed by atoms with van der Waals surface area (Å²) in [5.41, 5.74) is 3.19. The summed E-state index contributed by atoms with van der Waals surface area (Å²) in [6.07, 6.45) is 7.31. The molecule has 0 unspecified atom stereocenters. The highest BCUT2D eigenvalue weighted by Gasteiger charge is 2.18. The van der Waals surface area contributed by atoms with Gasteiger partial charge in [0.1, 0.15) is 10.8 Å². The van der Waals surface area contributed by atoms with E-state index in [1.165, 1.54) is 0 Å². The van der Waals surface area contributed by atoms with Gasteiger partial charge in [-0.25, -0.2) is 9.97 Å². The van der Waals surface area contributed by atoms with E-state index in [1.807, 2.05) is 30.3 Å². The number of nitrogens with one attached hydrogen (secondary N) is 1. The molecule has 0 aliphatic rings. The Morgan fingerprint density at radius 1 is 1.07 bits per heavy atom. The molecule has 140 valence electrons. The molecule has 4 rings (SSSR count). The minimum absolute atomic E-state index is 0.261. The lowest BCUT2D eigenvalue weighted by atomic mass is 10.1. The number of rotatable bonds is 5. The standard InChI is InChI=1S/C20H15Cl2N5O/c21-15-4-1-13(2-5-15)7-8-24-20(28)19-26-18(14-3-6-17(22)25-11-14)16-12-23-9-10-27(16)19/h1-6,9-12H,7-8H2,(H,24,28). The summed E-state index contributed by atoms with van der Waals surface area (Å²) in [5.74, 6) is 0.0294. The second kappa shape index (κ2) is 7.96. The topological polar surface area (TPSA) is 72.2 Å². The number of carbonyl (C=O) groups is 1. The first-order valence-electron chi connectivity index (χ1n) is 8.58. The van der Waals surface area contributed by atoms with E-state index in [0.717, 1.165) is 16.6 Å². The van der Waals surface area contributed by atoms with E-state index in [2.05, 4.69) is 20.3 Å². The fourth-order valence-corrected chi connectivity index (χ4v) is 3.12. The van der Waals surface area contributed by atoms with Crippen molar-refractivity contribution in [1.82, 2.24) is 24.7 Å². The molecule has 0 atom stereocenters. The highest BCUT2D eigenvalue weighted by atomic mass is 35.5. The predicted octanol–water partition coefficient (Wildman–Crippen LogP) is 4.07. The summed E-state index contributed by atoms with van der Waals surface area (Å²) in [6, 6.07) is 11.0. The number of hydrogen-bond donors (Lipinski definition) is 1. The molecule has 0 bridgehead atoms. The van der Waals surface area contributed by atoms with Crippen molar-refractivity contribution in [3.8, 4) is 11.3 Å². The number of imidazole rings is 1. The van der Waals surface area contributed by atoms with Crippen LogP contribution in [0, 0.1) is 0 Å². The summed E-state index contributed by atoms with van der Waals surface area (Å²) in [6.45, 7) is 0.484. The third-order valence-corrected chi connectivity index (χ3v) is 4.74. The molecule has 0 saturated heterocycles. The molecular weight excluding hydrogens is 397 g/mol. The van der Waals surface area contributed by atoms with Gasteiger partial charge < -0.3 is 5.32 Å². The van der Waals surface area contributed by atoms with Crippen LogP contribution >= 0.6 is 23.2 Å². The molecule has 0 radical (unpaired) electrons. The largest absolute Gasteiger partial charge is 0.349 e.